The van der Waals surface area contributed by atoms with Crippen LogP contribution in [0.1, 0.15) is 58.3 Å². The molecule has 5 heteroatoms. The topological polar surface area (TPSA) is 61.8 Å². The first kappa shape index (κ1) is 15.9. The molecule has 2 rings (SSSR count). The molecule has 0 N–H and O–H groups in total. The lowest BCUT2D eigenvalue weighted by molar-refractivity contribution is -0.152. The number of carbonyl (C=O) groups excluding carboxylic acids is 2. The first-order valence-electron chi connectivity index (χ1n) is 7.94. The maximum absolute atomic E-state index is 12.1. The number of hydrogen-bond donors (Lipinski definition) is 0. The predicted octanol–water partition coefficient (Wildman–Crippen LogP) is 2.88. The van der Waals surface area contributed by atoms with Crippen molar-refractivity contribution in [2.45, 2.75) is 70.5 Å². The summed E-state index contributed by atoms with van der Waals surface area (Å²) in [6.45, 7) is 2.18. The lowest BCUT2D eigenvalue weighted by atomic mass is 10.2. The minimum absolute atomic E-state index is 0.0817. The Hall–Kier alpha value is -1.52. The van der Waals surface area contributed by atoms with Crippen LogP contribution >= 0.6 is 0 Å². The molecule has 0 spiro atoms. The Labute approximate surface area is 125 Å². The zero-order chi connectivity index (χ0) is 15.1. The van der Waals surface area contributed by atoms with Gasteiger partial charge >= 0.3 is 11.9 Å². The maximum Gasteiger partial charge on any atom is 0.349 e. The van der Waals surface area contributed by atoms with Crippen LogP contribution in [0.2, 0.25) is 0 Å². The molecule has 0 amide bonds. The van der Waals surface area contributed by atoms with Crippen molar-refractivity contribution in [3.05, 3.63) is 11.8 Å². The second-order valence-corrected chi connectivity index (χ2v) is 5.61. The summed E-state index contributed by atoms with van der Waals surface area (Å²) in [6, 6.07) is 0. The normalized spacial score (nSPS) is 19.3. The largest absolute Gasteiger partial charge is 0.500 e. The molecule has 118 valence electrons. The summed E-state index contributed by atoms with van der Waals surface area (Å²) in [5.41, 5.74) is -0.129. The summed E-state index contributed by atoms with van der Waals surface area (Å²) >= 11 is 0. The van der Waals surface area contributed by atoms with Crippen molar-refractivity contribution < 1.29 is 23.8 Å². The van der Waals surface area contributed by atoms with E-state index in [4.69, 9.17) is 14.2 Å². The molecule has 21 heavy (non-hydrogen) atoms. The standard InChI is InChI=1S/C16H24O5/c1-2-19-11-14(15(17)20-12-7-3-4-8-12)16(18)21-13-9-5-6-10-13/h11-13H,2-10H2,1H3. The monoisotopic (exact) mass is 296 g/mol. The third-order valence-corrected chi connectivity index (χ3v) is 3.96. The molecule has 0 atom stereocenters. The number of esters is 2. The van der Waals surface area contributed by atoms with E-state index in [0.29, 0.717) is 6.61 Å². The van der Waals surface area contributed by atoms with Crippen LogP contribution < -0.4 is 0 Å². The molecule has 0 saturated heterocycles. The molecule has 0 aromatic rings. The Bertz CT molecular complexity index is 357. The Morgan fingerprint density at radius 1 is 0.905 bits per heavy atom. The number of ether oxygens (including phenoxy) is 3. The van der Waals surface area contributed by atoms with Gasteiger partial charge in [-0.3, -0.25) is 0 Å². The van der Waals surface area contributed by atoms with Gasteiger partial charge in [0.15, 0.2) is 5.57 Å². The van der Waals surface area contributed by atoms with Crippen LogP contribution in [0.4, 0.5) is 0 Å². The van der Waals surface area contributed by atoms with Gasteiger partial charge in [0, 0.05) is 0 Å². The first-order chi connectivity index (χ1) is 10.2. The molecular weight excluding hydrogens is 272 g/mol. The minimum Gasteiger partial charge on any atom is -0.500 e. The van der Waals surface area contributed by atoms with Crippen LogP contribution in [-0.4, -0.2) is 30.8 Å². The van der Waals surface area contributed by atoms with Gasteiger partial charge in [0.2, 0.25) is 0 Å². The molecule has 2 saturated carbocycles. The van der Waals surface area contributed by atoms with Gasteiger partial charge in [0.05, 0.1) is 6.61 Å². The smallest absolute Gasteiger partial charge is 0.349 e. The van der Waals surface area contributed by atoms with Crippen LogP contribution in [0, 0.1) is 0 Å². The highest BCUT2D eigenvalue weighted by Gasteiger charge is 2.29. The Balaban J connectivity index is 1.94. The van der Waals surface area contributed by atoms with Crippen molar-refractivity contribution in [3.8, 4) is 0 Å². The van der Waals surface area contributed by atoms with E-state index in [1.165, 1.54) is 6.26 Å². The average molecular weight is 296 g/mol. The summed E-state index contributed by atoms with van der Waals surface area (Å²) in [4.78, 5) is 24.3. The molecule has 2 fully saturated rings. The van der Waals surface area contributed by atoms with Crippen LogP contribution in [0.25, 0.3) is 0 Å². The second-order valence-electron chi connectivity index (χ2n) is 5.61. The molecular formula is C16H24O5. The average Bonchev–Trinajstić information content (AvgIpc) is 3.12. The highest BCUT2D eigenvalue weighted by Crippen LogP contribution is 2.24. The molecule has 2 aliphatic rings. The van der Waals surface area contributed by atoms with Crippen molar-refractivity contribution in [1.29, 1.82) is 0 Å². The van der Waals surface area contributed by atoms with Gasteiger partial charge in [-0.1, -0.05) is 0 Å². The second kappa shape index (κ2) is 8.05. The van der Waals surface area contributed by atoms with E-state index >= 15 is 0 Å². The van der Waals surface area contributed by atoms with Crippen LogP contribution in [0.15, 0.2) is 11.8 Å². The lowest BCUT2D eigenvalue weighted by Crippen LogP contribution is -2.25. The fourth-order valence-corrected chi connectivity index (χ4v) is 2.79. The van der Waals surface area contributed by atoms with E-state index < -0.39 is 11.9 Å². The van der Waals surface area contributed by atoms with Crippen molar-refractivity contribution in [2.24, 2.45) is 0 Å². The van der Waals surface area contributed by atoms with E-state index in [1.807, 2.05) is 0 Å². The third-order valence-electron chi connectivity index (χ3n) is 3.96. The zero-order valence-electron chi connectivity index (χ0n) is 12.6. The lowest BCUT2D eigenvalue weighted by Gasteiger charge is -2.15. The Morgan fingerprint density at radius 3 is 1.71 bits per heavy atom. The predicted molar refractivity (Wildman–Crippen MR) is 76.4 cm³/mol. The molecule has 0 radical (unpaired) electrons. The number of carbonyl (C=O) groups is 2. The highest BCUT2D eigenvalue weighted by molar-refractivity contribution is 6.13. The van der Waals surface area contributed by atoms with Gasteiger partial charge in [-0.05, 0) is 58.3 Å². The molecule has 5 nitrogen and oxygen atoms in total. The molecule has 0 bridgehead atoms. The molecule has 0 unspecified atom stereocenters. The summed E-state index contributed by atoms with van der Waals surface area (Å²) < 4.78 is 15.8. The fourth-order valence-electron chi connectivity index (χ4n) is 2.79. The Kier molecular flexibility index (Phi) is 6.08. The van der Waals surface area contributed by atoms with E-state index in [0.717, 1.165) is 51.4 Å². The van der Waals surface area contributed by atoms with Crippen molar-refractivity contribution in [3.63, 3.8) is 0 Å². The van der Waals surface area contributed by atoms with Gasteiger partial charge in [-0.2, -0.15) is 0 Å². The SMILES string of the molecule is CCOC=C(C(=O)OC1CCCC1)C(=O)OC1CCCC1. The fraction of sp³-hybridized carbons (Fsp3) is 0.750. The van der Waals surface area contributed by atoms with Crippen molar-refractivity contribution >= 4 is 11.9 Å². The summed E-state index contributed by atoms with van der Waals surface area (Å²) in [7, 11) is 0. The van der Waals surface area contributed by atoms with Crippen LogP contribution in [0.5, 0.6) is 0 Å². The quantitative estimate of drug-likeness (QED) is 0.248. The van der Waals surface area contributed by atoms with Gasteiger partial charge in [0.25, 0.3) is 0 Å². The van der Waals surface area contributed by atoms with Gasteiger partial charge in [-0.15, -0.1) is 0 Å². The summed E-state index contributed by atoms with van der Waals surface area (Å²) in [5.74, 6) is -1.25. The van der Waals surface area contributed by atoms with E-state index in [1.54, 1.807) is 6.92 Å². The van der Waals surface area contributed by atoms with Crippen molar-refractivity contribution in [1.82, 2.24) is 0 Å². The maximum atomic E-state index is 12.1. The molecule has 2 aliphatic carbocycles. The van der Waals surface area contributed by atoms with E-state index in [-0.39, 0.29) is 17.8 Å². The molecule has 0 aromatic heterocycles. The molecule has 0 aliphatic heterocycles. The highest BCUT2D eigenvalue weighted by atomic mass is 16.6. The minimum atomic E-state index is -0.627. The third kappa shape index (κ3) is 4.76. The van der Waals surface area contributed by atoms with Crippen molar-refractivity contribution in [2.75, 3.05) is 6.61 Å². The Morgan fingerprint density at radius 2 is 1.33 bits per heavy atom. The molecule has 0 aromatic carbocycles. The van der Waals surface area contributed by atoms with Crippen LogP contribution in [0.3, 0.4) is 0 Å². The summed E-state index contributed by atoms with van der Waals surface area (Å²) in [6.07, 6.45) is 8.74. The summed E-state index contributed by atoms with van der Waals surface area (Å²) in [5, 5.41) is 0. The van der Waals surface area contributed by atoms with E-state index in [9.17, 15) is 9.59 Å². The van der Waals surface area contributed by atoms with Gasteiger partial charge in [-0.25, -0.2) is 9.59 Å². The van der Waals surface area contributed by atoms with Gasteiger partial charge in [0.1, 0.15) is 18.5 Å². The molecule has 0 heterocycles. The van der Waals surface area contributed by atoms with Crippen LogP contribution in [-0.2, 0) is 23.8 Å². The zero-order valence-corrected chi connectivity index (χ0v) is 12.6. The van der Waals surface area contributed by atoms with Gasteiger partial charge < -0.3 is 14.2 Å². The number of rotatable bonds is 6. The van der Waals surface area contributed by atoms with E-state index in [2.05, 4.69) is 0 Å². The number of hydrogen-bond acceptors (Lipinski definition) is 5. The first-order valence-corrected chi connectivity index (χ1v) is 7.94.